The van der Waals surface area contributed by atoms with Crippen LogP contribution < -0.4 is 5.32 Å². The second-order valence-electron chi connectivity index (χ2n) is 5.28. The molecule has 0 spiro atoms. The summed E-state index contributed by atoms with van der Waals surface area (Å²) in [5.74, 6) is -4.27. The van der Waals surface area contributed by atoms with E-state index in [9.17, 15) is 22.0 Å². The number of aromatic nitrogens is 2. The zero-order valence-corrected chi connectivity index (χ0v) is 13.8. The summed E-state index contributed by atoms with van der Waals surface area (Å²) in [4.78, 5) is 15.9. The number of para-hydroxylation sites is 1. The first-order chi connectivity index (χ1) is 11.8. The van der Waals surface area contributed by atoms with Gasteiger partial charge in [-0.1, -0.05) is 18.2 Å². The number of sulfone groups is 1. The molecule has 3 rings (SSSR count). The number of alkyl halides is 2. The highest BCUT2D eigenvalue weighted by atomic mass is 32.2. The van der Waals surface area contributed by atoms with Crippen molar-refractivity contribution in [2.24, 2.45) is 0 Å². The lowest BCUT2D eigenvalue weighted by Crippen LogP contribution is -2.18. The van der Waals surface area contributed by atoms with Crippen LogP contribution >= 0.6 is 0 Å². The molecule has 0 saturated carbocycles. The van der Waals surface area contributed by atoms with Crippen LogP contribution in [0.2, 0.25) is 0 Å². The Balaban J connectivity index is 1.97. The first kappa shape index (κ1) is 17.0. The molecule has 0 aliphatic carbocycles. The second-order valence-corrected chi connectivity index (χ2v) is 7.16. The maximum Gasteiger partial charge on any atom is 0.341 e. The van der Waals surface area contributed by atoms with Crippen LogP contribution in [0, 0.1) is 6.92 Å². The van der Waals surface area contributed by atoms with Crippen molar-refractivity contribution in [3.05, 3.63) is 60.0 Å². The number of hydrogen-bond acceptors (Lipinski definition) is 4. The minimum atomic E-state index is -4.84. The molecule has 130 valence electrons. The van der Waals surface area contributed by atoms with Gasteiger partial charge in [0, 0.05) is 11.9 Å². The van der Waals surface area contributed by atoms with Crippen LogP contribution in [0.3, 0.4) is 0 Å². The first-order valence-corrected chi connectivity index (χ1v) is 8.72. The van der Waals surface area contributed by atoms with Gasteiger partial charge in [-0.2, -0.15) is 8.78 Å². The molecular formula is C16H13F2N3O3S. The van der Waals surface area contributed by atoms with Crippen molar-refractivity contribution in [3.63, 3.8) is 0 Å². The summed E-state index contributed by atoms with van der Waals surface area (Å²) in [6.07, 6.45) is 1.49. The molecule has 6 nitrogen and oxygen atoms in total. The summed E-state index contributed by atoms with van der Waals surface area (Å²) in [7, 11) is -4.84. The van der Waals surface area contributed by atoms with Crippen molar-refractivity contribution < 1.29 is 22.0 Å². The third-order valence-corrected chi connectivity index (χ3v) is 5.04. The Morgan fingerprint density at radius 3 is 2.56 bits per heavy atom. The summed E-state index contributed by atoms with van der Waals surface area (Å²) in [5, 5.41) is 2.34. The number of aryl methyl sites for hydroxylation is 1. The SMILES string of the molecule is Cc1cccc2nc(C(=O)Nc3ccccc3S(=O)(=O)C(F)F)cn12. The van der Waals surface area contributed by atoms with Crippen molar-refractivity contribution in [1.82, 2.24) is 9.38 Å². The van der Waals surface area contributed by atoms with E-state index in [2.05, 4.69) is 10.3 Å². The van der Waals surface area contributed by atoms with Crippen LogP contribution in [0.4, 0.5) is 14.5 Å². The molecule has 0 atom stereocenters. The Labute approximate surface area is 142 Å². The highest BCUT2D eigenvalue weighted by Crippen LogP contribution is 2.26. The molecule has 1 aromatic carbocycles. The van der Waals surface area contributed by atoms with E-state index < -0.39 is 26.4 Å². The number of carbonyl (C=O) groups excluding carboxylic acids is 1. The van der Waals surface area contributed by atoms with E-state index >= 15 is 0 Å². The number of anilines is 1. The Morgan fingerprint density at radius 1 is 1.16 bits per heavy atom. The Morgan fingerprint density at radius 2 is 1.88 bits per heavy atom. The molecule has 3 aromatic rings. The number of nitrogens with one attached hydrogen (secondary N) is 1. The van der Waals surface area contributed by atoms with Gasteiger partial charge in [0.15, 0.2) is 0 Å². The minimum Gasteiger partial charge on any atom is -0.319 e. The molecule has 2 heterocycles. The van der Waals surface area contributed by atoms with Crippen molar-refractivity contribution in [1.29, 1.82) is 0 Å². The number of carbonyl (C=O) groups is 1. The van der Waals surface area contributed by atoms with Crippen molar-refractivity contribution >= 4 is 27.1 Å². The molecule has 0 aliphatic rings. The molecule has 0 aliphatic heterocycles. The number of benzene rings is 1. The maximum absolute atomic E-state index is 12.8. The fourth-order valence-corrected chi connectivity index (χ4v) is 3.24. The lowest BCUT2D eigenvalue weighted by Gasteiger charge is -2.10. The maximum atomic E-state index is 12.8. The average Bonchev–Trinajstić information content (AvgIpc) is 3.01. The van der Waals surface area contributed by atoms with Crippen LogP contribution in [-0.2, 0) is 9.84 Å². The van der Waals surface area contributed by atoms with E-state index in [0.29, 0.717) is 5.65 Å². The van der Waals surface area contributed by atoms with Crippen LogP contribution in [-0.4, -0.2) is 29.5 Å². The molecule has 25 heavy (non-hydrogen) atoms. The van der Waals surface area contributed by atoms with Crippen LogP contribution in [0.1, 0.15) is 16.2 Å². The second kappa shape index (κ2) is 6.25. The van der Waals surface area contributed by atoms with E-state index in [1.807, 2.05) is 13.0 Å². The molecule has 0 fully saturated rings. The van der Waals surface area contributed by atoms with Gasteiger partial charge in [-0.3, -0.25) is 4.79 Å². The fraction of sp³-hybridized carbons (Fsp3) is 0.125. The molecule has 2 aromatic heterocycles. The standard InChI is InChI=1S/C16H13F2N3O3S/c1-10-5-4-8-14-19-12(9-21(10)14)15(22)20-11-6-2-3-7-13(11)25(23,24)16(17)18/h2-9,16H,1H3,(H,20,22). The molecule has 9 heteroatoms. The number of hydrogen-bond donors (Lipinski definition) is 1. The predicted molar refractivity (Wildman–Crippen MR) is 87.5 cm³/mol. The zero-order valence-electron chi connectivity index (χ0n) is 13.0. The summed E-state index contributed by atoms with van der Waals surface area (Å²) in [6, 6.07) is 10.3. The number of rotatable bonds is 4. The van der Waals surface area contributed by atoms with E-state index in [-0.39, 0.29) is 11.4 Å². The van der Waals surface area contributed by atoms with Gasteiger partial charge in [0.25, 0.3) is 5.91 Å². The lowest BCUT2D eigenvalue weighted by atomic mass is 10.3. The van der Waals surface area contributed by atoms with E-state index in [0.717, 1.165) is 11.8 Å². The van der Waals surface area contributed by atoms with Gasteiger partial charge in [0.05, 0.1) is 10.6 Å². The van der Waals surface area contributed by atoms with Gasteiger partial charge in [0.1, 0.15) is 11.3 Å². The fourth-order valence-electron chi connectivity index (χ4n) is 2.36. The van der Waals surface area contributed by atoms with Crippen LogP contribution in [0.5, 0.6) is 0 Å². The Hall–Kier alpha value is -2.81. The minimum absolute atomic E-state index is 0.0403. The average molecular weight is 365 g/mol. The Kier molecular flexibility index (Phi) is 4.25. The normalized spacial score (nSPS) is 11.8. The molecule has 1 amide bonds. The summed E-state index contributed by atoms with van der Waals surface area (Å²) in [6.45, 7) is 1.83. The summed E-state index contributed by atoms with van der Waals surface area (Å²) < 4.78 is 50.8. The number of fused-ring (bicyclic) bond motifs is 1. The quantitative estimate of drug-likeness (QED) is 0.771. The summed E-state index contributed by atoms with van der Waals surface area (Å²) in [5.41, 5.74) is 1.21. The monoisotopic (exact) mass is 365 g/mol. The molecule has 0 unspecified atom stereocenters. The molecular weight excluding hydrogens is 352 g/mol. The van der Waals surface area contributed by atoms with Gasteiger partial charge in [0.2, 0.25) is 9.84 Å². The predicted octanol–water partition coefficient (Wildman–Crippen LogP) is 2.89. The molecule has 1 N–H and O–H groups in total. The first-order valence-electron chi connectivity index (χ1n) is 7.18. The van der Waals surface area contributed by atoms with Crippen LogP contribution in [0.15, 0.2) is 53.6 Å². The number of halogens is 2. The number of nitrogens with zero attached hydrogens (tertiary/aromatic N) is 2. The van der Waals surface area contributed by atoms with Crippen molar-refractivity contribution in [2.45, 2.75) is 17.6 Å². The lowest BCUT2D eigenvalue weighted by molar-refractivity contribution is 0.102. The highest BCUT2D eigenvalue weighted by Gasteiger charge is 2.29. The van der Waals surface area contributed by atoms with E-state index in [1.165, 1.54) is 24.4 Å². The zero-order chi connectivity index (χ0) is 18.2. The van der Waals surface area contributed by atoms with Crippen molar-refractivity contribution in [2.75, 3.05) is 5.32 Å². The van der Waals surface area contributed by atoms with Crippen LogP contribution in [0.25, 0.3) is 5.65 Å². The number of imidazole rings is 1. The van der Waals surface area contributed by atoms with Gasteiger partial charge < -0.3 is 9.72 Å². The van der Waals surface area contributed by atoms with Gasteiger partial charge in [-0.05, 0) is 31.2 Å². The van der Waals surface area contributed by atoms with Gasteiger partial charge in [-0.25, -0.2) is 13.4 Å². The van der Waals surface area contributed by atoms with Gasteiger partial charge in [-0.15, -0.1) is 0 Å². The topological polar surface area (TPSA) is 80.5 Å². The smallest absolute Gasteiger partial charge is 0.319 e. The van der Waals surface area contributed by atoms with E-state index in [4.69, 9.17) is 0 Å². The highest BCUT2D eigenvalue weighted by molar-refractivity contribution is 7.91. The molecule has 0 saturated heterocycles. The number of pyridine rings is 1. The molecule has 0 radical (unpaired) electrons. The summed E-state index contributed by atoms with van der Waals surface area (Å²) >= 11 is 0. The third kappa shape index (κ3) is 3.10. The largest absolute Gasteiger partial charge is 0.341 e. The van der Waals surface area contributed by atoms with E-state index in [1.54, 1.807) is 16.5 Å². The van der Waals surface area contributed by atoms with Gasteiger partial charge >= 0.3 is 5.76 Å². The Bertz CT molecular complexity index is 1060. The third-order valence-electron chi connectivity index (χ3n) is 3.60. The molecule has 0 bridgehead atoms. The van der Waals surface area contributed by atoms with Crippen molar-refractivity contribution in [3.8, 4) is 0 Å². The number of amides is 1.